The van der Waals surface area contributed by atoms with Gasteiger partial charge in [-0.3, -0.25) is 4.79 Å². The molecule has 1 amide bonds. The fraction of sp³-hybridized carbons (Fsp3) is 0.0714. The second-order valence-corrected chi connectivity index (χ2v) is 3.95. The van der Waals surface area contributed by atoms with Crippen LogP contribution in [0.5, 0.6) is 5.75 Å². The first kappa shape index (κ1) is 12.1. The van der Waals surface area contributed by atoms with Crippen LogP contribution in [-0.2, 0) is 0 Å². The molecular formula is C14H12FNO2. The summed E-state index contributed by atoms with van der Waals surface area (Å²) in [6, 6.07) is 10.5. The lowest BCUT2D eigenvalue weighted by atomic mass is 10.1. The molecule has 2 N–H and O–H groups in total. The minimum absolute atomic E-state index is 0.0507. The van der Waals surface area contributed by atoms with E-state index in [-0.39, 0.29) is 17.0 Å². The van der Waals surface area contributed by atoms with Gasteiger partial charge in [0.1, 0.15) is 11.6 Å². The van der Waals surface area contributed by atoms with Crippen LogP contribution in [-0.4, -0.2) is 11.0 Å². The minimum atomic E-state index is -0.595. The van der Waals surface area contributed by atoms with Gasteiger partial charge in [0.25, 0.3) is 5.91 Å². The zero-order chi connectivity index (χ0) is 13.1. The summed E-state index contributed by atoms with van der Waals surface area (Å²) in [5, 5.41) is 12.1. The van der Waals surface area contributed by atoms with Crippen molar-refractivity contribution in [3.63, 3.8) is 0 Å². The summed E-state index contributed by atoms with van der Waals surface area (Å²) in [4.78, 5) is 11.8. The van der Waals surface area contributed by atoms with Gasteiger partial charge in [-0.15, -0.1) is 0 Å². The van der Waals surface area contributed by atoms with E-state index in [0.717, 1.165) is 5.56 Å². The molecule has 0 aromatic heterocycles. The Balaban J connectivity index is 2.27. The van der Waals surface area contributed by atoms with Gasteiger partial charge >= 0.3 is 0 Å². The molecule has 0 spiro atoms. The standard InChI is InChI=1S/C14H12FNO2/c1-9-6-7-13(17)12(8-9)16-14(18)10-4-2-3-5-11(10)15/h2-8,17H,1H3,(H,16,18). The lowest BCUT2D eigenvalue weighted by Crippen LogP contribution is -2.13. The van der Waals surface area contributed by atoms with E-state index in [2.05, 4.69) is 5.32 Å². The van der Waals surface area contributed by atoms with Crippen LogP contribution >= 0.6 is 0 Å². The van der Waals surface area contributed by atoms with Crippen LogP contribution in [0.2, 0.25) is 0 Å². The predicted octanol–water partition coefficient (Wildman–Crippen LogP) is 3.09. The van der Waals surface area contributed by atoms with E-state index in [1.165, 1.54) is 24.3 Å². The molecule has 2 rings (SSSR count). The smallest absolute Gasteiger partial charge is 0.258 e. The third kappa shape index (κ3) is 2.48. The number of hydrogen-bond donors (Lipinski definition) is 2. The van der Waals surface area contributed by atoms with Crippen LogP contribution in [0.1, 0.15) is 15.9 Å². The highest BCUT2D eigenvalue weighted by molar-refractivity contribution is 6.05. The molecule has 92 valence electrons. The van der Waals surface area contributed by atoms with Crippen molar-refractivity contribution in [1.29, 1.82) is 0 Å². The van der Waals surface area contributed by atoms with Crippen LogP contribution in [0, 0.1) is 12.7 Å². The third-order valence-corrected chi connectivity index (χ3v) is 2.52. The molecule has 0 fully saturated rings. The van der Waals surface area contributed by atoms with Crippen LogP contribution in [0.3, 0.4) is 0 Å². The summed E-state index contributed by atoms with van der Waals surface area (Å²) in [7, 11) is 0. The highest BCUT2D eigenvalue weighted by Gasteiger charge is 2.12. The first-order valence-corrected chi connectivity index (χ1v) is 5.43. The van der Waals surface area contributed by atoms with Crippen molar-refractivity contribution in [3.05, 3.63) is 59.4 Å². The number of anilines is 1. The molecule has 0 aliphatic carbocycles. The highest BCUT2D eigenvalue weighted by atomic mass is 19.1. The second kappa shape index (κ2) is 4.87. The lowest BCUT2D eigenvalue weighted by molar-refractivity contribution is 0.102. The van der Waals surface area contributed by atoms with Crippen LogP contribution in [0.4, 0.5) is 10.1 Å². The Morgan fingerprint density at radius 2 is 1.94 bits per heavy atom. The lowest BCUT2D eigenvalue weighted by Gasteiger charge is -2.08. The van der Waals surface area contributed by atoms with Crippen molar-refractivity contribution in [1.82, 2.24) is 0 Å². The molecule has 0 unspecified atom stereocenters. The molecular weight excluding hydrogens is 233 g/mol. The maximum atomic E-state index is 13.4. The minimum Gasteiger partial charge on any atom is -0.506 e. The van der Waals surface area contributed by atoms with E-state index in [4.69, 9.17) is 0 Å². The normalized spacial score (nSPS) is 10.1. The molecule has 0 bridgehead atoms. The topological polar surface area (TPSA) is 49.3 Å². The number of phenols is 1. The average molecular weight is 245 g/mol. The summed E-state index contributed by atoms with van der Waals surface area (Å²) in [6.45, 7) is 1.83. The molecule has 2 aromatic carbocycles. The highest BCUT2D eigenvalue weighted by Crippen LogP contribution is 2.24. The summed E-state index contributed by atoms with van der Waals surface area (Å²) < 4.78 is 13.4. The van der Waals surface area contributed by atoms with Gasteiger partial charge in [-0.05, 0) is 36.8 Å². The Bertz CT molecular complexity index is 596. The van der Waals surface area contributed by atoms with Crippen molar-refractivity contribution >= 4 is 11.6 Å². The number of hydrogen-bond acceptors (Lipinski definition) is 2. The van der Waals surface area contributed by atoms with Gasteiger partial charge in [-0.25, -0.2) is 4.39 Å². The Morgan fingerprint density at radius 3 is 2.67 bits per heavy atom. The molecule has 0 saturated heterocycles. The Hall–Kier alpha value is -2.36. The number of carbonyl (C=O) groups excluding carboxylic acids is 1. The molecule has 0 radical (unpaired) electrons. The number of carbonyl (C=O) groups is 1. The number of aryl methyl sites for hydroxylation is 1. The molecule has 3 nitrogen and oxygen atoms in total. The quantitative estimate of drug-likeness (QED) is 0.799. The summed E-state index contributed by atoms with van der Waals surface area (Å²) in [6.07, 6.45) is 0. The van der Waals surface area contributed by atoms with E-state index in [9.17, 15) is 14.3 Å². The first-order valence-electron chi connectivity index (χ1n) is 5.43. The van der Waals surface area contributed by atoms with Crippen LogP contribution < -0.4 is 5.32 Å². The summed E-state index contributed by atoms with van der Waals surface area (Å²) >= 11 is 0. The van der Waals surface area contributed by atoms with Crippen LogP contribution in [0.15, 0.2) is 42.5 Å². The van der Waals surface area contributed by atoms with E-state index < -0.39 is 11.7 Å². The Labute approximate surface area is 104 Å². The van der Waals surface area contributed by atoms with Gasteiger partial charge in [0.05, 0.1) is 11.3 Å². The molecule has 4 heteroatoms. The first-order chi connectivity index (χ1) is 8.58. The Kier molecular flexibility index (Phi) is 3.28. The zero-order valence-electron chi connectivity index (χ0n) is 9.77. The van der Waals surface area contributed by atoms with Crippen molar-refractivity contribution in [3.8, 4) is 5.75 Å². The van der Waals surface area contributed by atoms with Crippen LogP contribution in [0.25, 0.3) is 0 Å². The predicted molar refractivity (Wildman–Crippen MR) is 67.2 cm³/mol. The number of phenolic OH excluding ortho intramolecular Hbond substituents is 1. The van der Waals surface area contributed by atoms with Gasteiger partial charge in [0, 0.05) is 0 Å². The van der Waals surface area contributed by atoms with Gasteiger partial charge < -0.3 is 10.4 Å². The zero-order valence-corrected chi connectivity index (χ0v) is 9.77. The SMILES string of the molecule is Cc1ccc(O)c(NC(=O)c2ccccc2F)c1. The molecule has 0 saturated carbocycles. The van der Waals surface area contributed by atoms with Crippen molar-refractivity contribution in [2.45, 2.75) is 6.92 Å². The van der Waals surface area contributed by atoms with Gasteiger partial charge in [0.2, 0.25) is 0 Å². The van der Waals surface area contributed by atoms with E-state index in [1.807, 2.05) is 6.92 Å². The van der Waals surface area contributed by atoms with E-state index in [0.29, 0.717) is 0 Å². The molecule has 0 atom stereocenters. The number of amides is 1. The van der Waals surface area contributed by atoms with Crippen molar-refractivity contribution in [2.75, 3.05) is 5.32 Å². The maximum Gasteiger partial charge on any atom is 0.258 e. The maximum absolute atomic E-state index is 13.4. The number of halogens is 1. The number of nitrogens with one attached hydrogen (secondary N) is 1. The number of rotatable bonds is 2. The van der Waals surface area contributed by atoms with Gasteiger partial charge in [0.15, 0.2) is 0 Å². The fourth-order valence-electron chi connectivity index (χ4n) is 1.59. The number of benzene rings is 2. The van der Waals surface area contributed by atoms with E-state index in [1.54, 1.807) is 18.2 Å². The van der Waals surface area contributed by atoms with Gasteiger partial charge in [-0.1, -0.05) is 18.2 Å². The second-order valence-electron chi connectivity index (χ2n) is 3.95. The largest absolute Gasteiger partial charge is 0.506 e. The van der Waals surface area contributed by atoms with Crippen molar-refractivity contribution < 1.29 is 14.3 Å². The molecule has 0 aliphatic heterocycles. The Morgan fingerprint density at radius 1 is 1.22 bits per heavy atom. The summed E-state index contributed by atoms with van der Waals surface area (Å²) in [5.41, 5.74) is 1.10. The third-order valence-electron chi connectivity index (χ3n) is 2.52. The molecule has 18 heavy (non-hydrogen) atoms. The average Bonchev–Trinajstić information content (AvgIpc) is 2.34. The fourth-order valence-corrected chi connectivity index (χ4v) is 1.59. The molecule has 2 aromatic rings. The molecule has 0 aliphatic rings. The number of aromatic hydroxyl groups is 1. The monoisotopic (exact) mass is 245 g/mol. The van der Waals surface area contributed by atoms with Gasteiger partial charge in [-0.2, -0.15) is 0 Å². The molecule has 0 heterocycles. The summed E-state index contributed by atoms with van der Waals surface area (Å²) in [5.74, 6) is -1.23. The van der Waals surface area contributed by atoms with E-state index >= 15 is 0 Å². The van der Waals surface area contributed by atoms with Crippen molar-refractivity contribution in [2.24, 2.45) is 0 Å².